The molecular weight excluding hydrogens is 231 g/mol. The summed E-state index contributed by atoms with van der Waals surface area (Å²) in [6, 6.07) is 5.18. The lowest BCUT2D eigenvalue weighted by atomic mass is 9.77. The van der Waals surface area contributed by atoms with E-state index in [1.807, 2.05) is 0 Å². The van der Waals surface area contributed by atoms with Gasteiger partial charge in [-0.25, -0.2) is 0 Å². The van der Waals surface area contributed by atoms with Gasteiger partial charge in [0.15, 0.2) is 0 Å². The van der Waals surface area contributed by atoms with Crippen molar-refractivity contribution in [1.29, 1.82) is 0 Å². The van der Waals surface area contributed by atoms with E-state index in [1.54, 1.807) is 25.3 Å². The molecule has 2 rings (SSSR count). The molecule has 1 saturated carbocycles. The summed E-state index contributed by atoms with van der Waals surface area (Å²) in [6.45, 7) is 0.398. The SMILES string of the molecule is COc1ccc(B(O)O)c(COC2CCCC2)c1. The van der Waals surface area contributed by atoms with Crippen LogP contribution < -0.4 is 10.2 Å². The van der Waals surface area contributed by atoms with E-state index in [9.17, 15) is 10.0 Å². The summed E-state index contributed by atoms with van der Waals surface area (Å²) < 4.78 is 10.9. The van der Waals surface area contributed by atoms with Crippen molar-refractivity contribution < 1.29 is 19.5 Å². The van der Waals surface area contributed by atoms with Crippen molar-refractivity contribution in [2.75, 3.05) is 7.11 Å². The second-order valence-corrected chi connectivity index (χ2v) is 4.66. The summed E-state index contributed by atoms with van der Waals surface area (Å²) in [7, 11) is 0.115. The summed E-state index contributed by atoms with van der Waals surface area (Å²) in [5, 5.41) is 18.6. The van der Waals surface area contributed by atoms with Crippen molar-refractivity contribution in [3.05, 3.63) is 23.8 Å². The van der Waals surface area contributed by atoms with E-state index in [4.69, 9.17) is 9.47 Å². The zero-order chi connectivity index (χ0) is 13.0. The first-order valence-corrected chi connectivity index (χ1v) is 6.35. The third kappa shape index (κ3) is 3.25. The first kappa shape index (κ1) is 13.4. The Morgan fingerprint density at radius 1 is 1.28 bits per heavy atom. The normalized spacial score (nSPS) is 15.9. The van der Waals surface area contributed by atoms with Gasteiger partial charge in [0.25, 0.3) is 0 Å². The van der Waals surface area contributed by atoms with Crippen molar-refractivity contribution in [3.8, 4) is 5.75 Å². The molecule has 0 atom stereocenters. The zero-order valence-electron chi connectivity index (χ0n) is 10.6. The summed E-state index contributed by atoms with van der Waals surface area (Å²) in [5.41, 5.74) is 1.25. The van der Waals surface area contributed by atoms with Crippen LogP contribution >= 0.6 is 0 Å². The zero-order valence-corrected chi connectivity index (χ0v) is 10.6. The third-order valence-corrected chi connectivity index (χ3v) is 3.41. The van der Waals surface area contributed by atoms with Gasteiger partial charge in [-0.3, -0.25) is 0 Å². The van der Waals surface area contributed by atoms with Crippen molar-refractivity contribution in [3.63, 3.8) is 0 Å². The van der Waals surface area contributed by atoms with Gasteiger partial charge in [-0.1, -0.05) is 18.9 Å². The molecule has 18 heavy (non-hydrogen) atoms. The molecule has 1 fully saturated rings. The Hall–Kier alpha value is -1.04. The van der Waals surface area contributed by atoms with E-state index >= 15 is 0 Å². The Morgan fingerprint density at radius 2 is 2.00 bits per heavy atom. The highest BCUT2D eigenvalue weighted by atomic mass is 16.5. The summed E-state index contributed by atoms with van der Waals surface area (Å²) in [5.74, 6) is 0.699. The van der Waals surface area contributed by atoms with E-state index in [0.717, 1.165) is 18.4 Å². The maximum Gasteiger partial charge on any atom is 0.488 e. The Labute approximate surface area is 108 Å². The van der Waals surface area contributed by atoms with Crippen molar-refractivity contribution in [1.82, 2.24) is 0 Å². The molecule has 0 radical (unpaired) electrons. The second kappa shape index (κ2) is 6.23. The highest BCUT2D eigenvalue weighted by Crippen LogP contribution is 2.22. The van der Waals surface area contributed by atoms with Crippen LogP contribution in [-0.2, 0) is 11.3 Å². The molecule has 1 aliphatic rings. The number of methoxy groups -OCH3 is 1. The lowest BCUT2D eigenvalue weighted by Gasteiger charge is -2.14. The molecule has 0 aromatic heterocycles. The molecule has 2 N–H and O–H groups in total. The Morgan fingerprint density at radius 3 is 2.61 bits per heavy atom. The van der Waals surface area contributed by atoms with E-state index in [1.165, 1.54) is 12.8 Å². The standard InChI is InChI=1S/C13H19BO4/c1-17-12-6-7-13(14(15)16)10(8-12)9-18-11-4-2-3-5-11/h6-8,11,15-16H,2-5,9H2,1H3. The predicted octanol–water partition coefficient (Wildman–Crippen LogP) is 0.834. The Kier molecular flexibility index (Phi) is 4.63. The van der Waals surface area contributed by atoms with Gasteiger partial charge in [-0.2, -0.15) is 0 Å². The number of benzene rings is 1. The van der Waals surface area contributed by atoms with E-state index < -0.39 is 7.12 Å². The molecule has 5 heteroatoms. The van der Waals surface area contributed by atoms with Crippen molar-refractivity contribution in [2.24, 2.45) is 0 Å². The minimum absolute atomic E-state index is 0.305. The van der Waals surface area contributed by atoms with E-state index in [2.05, 4.69) is 0 Å². The van der Waals surface area contributed by atoms with Crippen LogP contribution in [0, 0.1) is 0 Å². The fourth-order valence-corrected chi connectivity index (χ4v) is 2.35. The van der Waals surface area contributed by atoms with E-state index in [0.29, 0.717) is 23.9 Å². The van der Waals surface area contributed by atoms with Gasteiger partial charge in [0, 0.05) is 0 Å². The molecule has 4 nitrogen and oxygen atoms in total. The van der Waals surface area contributed by atoms with Crippen LogP contribution in [0.5, 0.6) is 5.75 Å². The van der Waals surface area contributed by atoms with Gasteiger partial charge < -0.3 is 19.5 Å². The largest absolute Gasteiger partial charge is 0.497 e. The van der Waals surface area contributed by atoms with Gasteiger partial charge in [-0.15, -0.1) is 0 Å². The number of hydrogen-bond acceptors (Lipinski definition) is 4. The number of hydrogen-bond donors (Lipinski definition) is 2. The molecule has 0 saturated heterocycles. The van der Waals surface area contributed by atoms with Gasteiger partial charge >= 0.3 is 7.12 Å². The van der Waals surface area contributed by atoms with Crippen LogP contribution in [-0.4, -0.2) is 30.4 Å². The van der Waals surface area contributed by atoms with Crippen LogP contribution in [0.15, 0.2) is 18.2 Å². The fourth-order valence-electron chi connectivity index (χ4n) is 2.35. The minimum Gasteiger partial charge on any atom is -0.497 e. The molecule has 1 aromatic rings. The van der Waals surface area contributed by atoms with Gasteiger partial charge in [0.1, 0.15) is 5.75 Å². The van der Waals surface area contributed by atoms with Crippen molar-refractivity contribution >= 4 is 12.6 Å². The Balaban J connectivity index is 2.07. The fraction of sp³-hybridized carbons (Fsp3) is 0.538. The first-order chi connectivity index (χ1) is 8.70. The van der Waals surface area contributed by atoms with E-state index in [-0.39, 0.29) is 0 Å². The maximum atomic E-state index is 9.32. The van der Waals surface area contributed by atoms with Gasteiger partial charge in [0.2, 0.25) is 0 Å². The highest BCUT2D eigenvalue weighted by Gasteiger charge is 2.19. The average Bonchev–Trinajstić information content (AvgIpc) is 2.88. The number of ether oxygens (including phenoxy) is 2. The van der Waals surface area contributed by atoms with Crippen LogP contribution in [0.25, 0.3) is 0 Å². The molecule has 0 amide bonds. The Bertz CT molecular complexity index is 389. The average molecular weight is 250 g/mol. The summed E-state index contributed by atoms with van der Waals surface area (Å²) >= 11 is 0. The summed E-state index contributed by atoms with van der Waals surface area (Å²) in [4.78, 5) is 0. The molecule has 1 aliphatic carbocycles. The molecule has 0 aliphatic heterocycles. The second-order valence-electron chi connectivity index (χ2n) is 4.66. The smallest absolute Gasteiger partial charge is 0.488 e. The molecule has 0 spiro atoms. The quantitative estimate of drug-likeness (QED) is 0.760. The van der Waals surface area contributed by atoms with Crippen LogP contribution in [0.2, 0.25) is 0 Å². The molecule has 0 heterocycles. The number of rotatable bonds is 5. The molecule has 0 bridgehead atoms. The predicted molar refractivity (Wildman–Crippen MR) is 69.9 cm³/mol. The maximum absolute atomic E-state index is 9.32. The summed E-state index contributed by atoms with van der Waals surface area (Å²) in [6.07, 6.45) is 4.94. The minimum atomic E-state index is -1.47. The monoisotopic (exact) mass is 250 g/mol. The van der Waals surface area contributed by atoms with Gasteiger partial charge in [-0.05, 0) is 36.0 Å². The highest BCUT2D eigenvalue weighted by molar-refractivity contribution is 6.59. The first-order valence-electron chi connectivity index (χ1n) is 6.35. The van der Waals surface area contributed by atoms with Crippen molar-refractivity contribution in [2.45, 2.75) is 38.4 Å². The van der Waals surface area contributed by atoms with Crippen LogP contribution in [0.1, 0.15) is 31.2 Å². The van der Waals surface area contributed by atoms with Crippen LogP contribution in [0.3, 0.4) is 0 Å². The molecule has 1 aromatic carbocycles. The lowest BCUT2D eigenvalue weighted by Crippen LogP contribution is -2.33. The third-order valence-electron chi connectivity index (χ3n) is 3.41. The molecular formula is C13H19BO4. The lowest BCUT2D eigenvalue weighted by molar-refractivity contribution is 0.0459. The molecule has 0 unspecified atom stereocenters. The topological polar surface area (TPSA) is 58.9 Å². The van der Waals surface area contributed by atoms with Gasteiger partial charge in [0.05, 0.1) is 19.8 Å². The molecule has 98 valence electrons. The van der Waals surface area contributed by atoms with Crippen LogP contribution in [0.4, 0.5) is 0 Å².